The van der Waals surface area contributed by atoms with Crippen molar-refractivity contribution in [3.63, 3.8) is 0 Å². The molecule has 2 heterocycles. The summed E-state index contributed by atoms with van der Waals surface area (Å²) in [6, 6.07) is 8.44. The average Bonchev–Trinajstić information content (AvgIpc) is 2.50. The van der Waals surface area contributed by atoms with Crippen molar-refractivity contribution in [1.82, 2.24) is 15.2 Å². The van der Waals surface area contributed by atoms with Crippen molar-refractivity contribution in [2.24, 2.45) is 0 Å². The highest BCUT2D eigenvalue weighted by molar-refractivity contribution is 5.81. The molecule has 22 heavy (non-hydrogen) atoms. The fraction of sp³-hybridized carbons (Fsp3) is 0.500. The summed E-state index contributed by atoms with van der Waals surface area (Å²) in [7, 11) is 0. The zero-order chi connectivity index (χ0) is 14.5. The number of aromatic nitrogens is 1. The maximum atomic E-state index is 13.3. The molecule has 0 saturated carbocycles. The molecule has 1 saturated heterocycles. The van der Waals surface area contributed by atoms with E-state index in [4.69, 9.17) is 0 Å². The number of hydrogen-bond acceptors (Lipinski definition) is 3. The molecule has 0 amide bonds. The van der Waals surface area contributed by atoms with E-state index in [1.807, 2.05) is 18.5 Å². The SMILES string of the molecule is C.FC[C@@H]1CNCCCCN1Cc1ccc2cnccc2c1. The molecule has 120 valence electrons. The Hall–Kier alpha value is -1.52. The van der Waals surface area contributed by atoms with Gasteiger partial charge in [-0.25, -0.2) is 4.39 Å². The van der Waals surface area contributed by atoms with Gasteiger partial charge in [0.2, 0.25) is 0 Å². The van der Waals surface area contributed by atoms with Gasteiger partial charge in [0.25, 0.3) is 0 Å². The Morgan fingerprint density at radius 2 is 2.14 bits per heavy atom. The van der Waals surface area contributed by atoms with E-state index in [-0.39, 0.29) is 20.1 Å². The highest BCUT2D eigenvalue weighted by atomic mass is 19.1. The van der Waals surface area contributed by atoms with E-state index < -0.39 is 0 Å². The van der Waals surface area contributed by atoms with Gasteiger partial charge in [-0.1, -0.05) is 19.6 Å². The Bertz CT molecular complexity index is 587. The molecule has 0 radical (unpaired) electrons. The molecule has 2 aromatic rings. The Kier molecular flexibility index (Phi) is 6.28. The summed E-state index contributed by atoms with van der Waals surface area (Å²) in [4.78, 5) is 6.41. The summed E-state index contributed by atoms with van der Waals surface area (Å²) in [5.41, 5.74) is 1.24. The van der Waals surface area contributed by atoms with Crippen molar-refractivity contribution in [2.45, 2.75) is 32.9 Å². The highest BCUT2D eigenvalue weighted by Crippen LogP contribution is 2.18. The molecule has 0 aliphatic carbocycles. The zero-order valence-corrected chi connectivity index (χ0v) is 12.3. The molecule has 0 unspecified atom stereocenters. The summed E-state index contributed by atoms with van der Waals surface area (Å²) in [5.74, 6) is 0. The Balaban J connectivity index is 0.00000176. The summed E-state index contributed by atoms with van der Waals surface area (Å²) in [6.07, 6.45) is 5.99. The van der Waals surface area contributed by atoms with Crippen molar-refractivity contribution in [2.75, 3.05) is 26.3 Å². The number of alkyl halides is 1. The predicted molar refractivity (Wildman–Crippen MR) is 90.8 cm³/mol. The van der Waals surface area contributed by atoms with Gasteiger partial charge in [-0.15, -0.1) is 0 Å². The van der Waals surface area contributed by atoms with E-state index >= 15 is 0 Å². The molecule has 1 aliphatic rings. The van der Waals surface area contributed by atoms with E-state index in [0.717, 1.165) is 38.0 Å². The third kappa shape index (κ3) is 4.02. The number of fused-ring (bicyclic) bond motifs is 1. The van der Waals surface area contributed by atoms with Crippen LogP contribution in [0.25, 0.3) is 10.8 Å². The monoisotopic (exact) mass is 303 g/mol. The number of halogens is 1. The number of nitrogens with zero attached hydrogens (tertiary/aromatic N) is 2. The number of hydrogen-bond donors (Lipinski definition) is 1. The molecule has 0 bridgehead atoms. The summed E-state index contributed by atoms with van der Waals surface area (Å²) >= 11 is 0. The van der Waals surface area contributed by atoms with Gasteiger partial charge in [0.05, 0.1) is 6.04 Å². The van der Waals surface area contributed by atoms with Gasteiger partial charge in [-0.2, -0.15) is 0 Å². The van der Waals surface area contributed by atoms with Gasteiger partial charge in [0.1, 0.15) is 6.67 Å². The van der Waals surface area contributed by atoms with Crippen molar-refractivity contribution in [3.8, 4) is 0 Å². The van der Waals surface area contributed by atoms with Crippen LogP contribution in [0.15, 0.2) is 36.7 Å². The summed E-state index contributed by atoms with van der Waals surface area (Å²) in [5, 5.41) is 5.69. The van der Waals surface area contributed by atoms with E-state index in [1.165, 1.54) is 17.4 Å². The first kappa shape index (κ1) is 16.8. The number of pyridine rings is 1. The van der Waals surface area contributed by atoms with Gasteiger partial charge in [-0.05, 0) is 49.0 Å². The molecule has 1 aromatic heterocycles. The van der Waals surface area contributed by atoms with Gasteiger partial charge >= 0.3 is 0 Å². The normalized spacial score (nSPS) is 20.1. The Morgan fingerprint density at radius 1 is 1.23 bits per heavy atom. The standard InChI is InChI=1S/C17H22FN3.CH4/c18-10-17-12-19-6-1-2-8-21(17)13-14-3-4-16-11-20-7-5-15(16)9-14;/h3-5,7,9,11,17,19H,1-2,6,8,10,12-13H2;1H4/t17-;/m1./s1. The largest absolute Gasteiger partial charge is 0.315 e. The quantitative estimate of drug-likeness (QED) is 0.942. The lowest BCUT2D eigenvalue weighted by Gasteiger charge is -2.32. The van der Waals surface area contributed by atoms with Crippen molar-refractivity contribution in [1.29, 1.82) is 0 Å². The molecular formula is C18H26FN3. The van der Waals surface area contributed by atoms with E-state index in [1.54, 1.807) is 0 Å². The van der Waals surface area contributed by atoms with Crippen LogP contribution in [0.5, 0.6) is 0 Å². The third-order valence-electron chi connectivity index (χ3n) is 4.21. The second-order valence-electron chi connectivity index (χ2n) is 5.75. The van der Waals surface area contributed by atoms with Crippen molar-refractivity contribution >= 4 is 10.8 Å². The van der Waals surface area contributed by atoms with Crippen LogP contribution in [0.2, 0.25) is 0 Å². The third-order valence-corrected chi connectivity index (χ3v) is 4.21. The van der Waals surface area contributed by atoms with Gasteiger partial charge in [0.15, 0.2) is 0 Å². The lowest BCUT2D eigenvalue weighted by Crippen LogP contribution is -2.45. The molecule has 3 nitrogen and oxygen atoms in total. The van der Waals surface area contributed by atoms with Crippen LogP contribution in [0.4, 0.5) is 4.39 Å². The minimum atomic E-state index is -0.287. The van der Waals surface area contributed by atoms with Crippen LogP contribution in [-0.2, 0) is 6.54 Å². The first-order valence-electron chi connectivity index (χ1n) is 7.70. The molecule has 1 atom stereocenters. The van der Waals surface area contributed by atoms with Crippen LogP contribution in [0.3, 0.4) is 0 Å². The second-order valence-corrected chi connectivity index (χ2v) is 5.75. The average molecular weight is 303 g/mol. The molecule has 1 aliphatic heterocycles. The fourth-order valence-corrected chi connectivity index (χ4v) is 2.97. The molecule has 3 rings (SSSR count). The Morgan fingerprint density at radius 3 is 3.00 bits per heavy atom. The van der Waals surface area contributed by atoms with Gasteiger partial charge < -0.3 is 5.32 Å². The lowest BCUT2D eigenvalue weighted by atomic mass is 10.1. The van der Waals surface area contributed by atoms with Crippen molar-refractivity contribution < 1.29 is 4.39 Å². The van der Waals surface area contributed by atoms with Crippen LogP contribution in [0, 0.1) is 0 Å². The topological polar surface area (TPSA) is 28.2 Å². The van der Waals surface area contributed by atoms with E-state index in [9.17, 15) is 4.39 Å². The van der Waals surface area contributed by atoms with Crippen LogP contribution in [-0.4, -0.2) is 42.2 Å². The highest BCUT2D eigenvalue weighted by Gasteiger charge is 2.19. The summed E-state index contributed by atoms with van der Waals surface area (Å²) in [6.45, 7) is 3.25. The maximum Gasteiger partial charge on any atom is 0.106 e. The van der Waals surface area contributed by atoms with Gasteiger partial charge in [-0.3, -0.25) is 9.88 Å². The molecular weight excluding hydrogens is 277 g/mol. The van der Waals surface area contributed by atoms with Crippen LogP contribution in [0.1, 0.15) is 25.8 Å². The number of benzene rings is 1. The lowest BCUT2D eigenvalue weighted by molar-refractivity contribution is 0.143. The fourth-order valence-electron chi connectivity index (χ4n) is 2.97. The zero-order valence-electron chi connectivity index (χ0n) is 12.3. The van der Waals surface area contributed by atoms with Crippen molar-refractivity contribution in [3.05, 3.63) is 42.2 Å². The summed E-state index contributed by atoms with van der Waals surface area (Å²) < 4.78 is 13.3. The second kappa shape index (κ2) is 8.20. The van der Waals surface area contributed by atoms with Gasteiger partial charge in [0, 0.05) is 30.9 Å². The van der Waals surface area contributed by atoms with Crippen LogP contribution >= 0.6 is 0 Å². The molecule has 1 fully saturated rings. The smallest absolute Gasteiger partial charge is 0.106 e. The minimum Gasteiger partial charge on any atom is -0.315 e. The number of rotatable bonds is 3. The molecule has 1 aromatic carbocycles. The maximum absolute atomic E-state index is 13.3. The molecule has 1 N–H and O–H groups in total. The van der Waals surface area contributed by atoms with E-state index in [0.29, 0.717) is 0 Å². The minimum absolute atomic E-state index is 0. The molecule has 0 spiro atoms. The van der Waals surface area contributed by atoms with E-state index in [2.05, 4.69) is 33.4 Å². The molecule has 4 heteroatoms. The first-order chi connectivity index (χ1) is 10.4. The Labute approximate surface area is 132 Å². The predicted octanol–water partition coefficient (Wildman–Crippen LogP) is 3.39. The number of nitrogens with one attached hydrogen (secondary N) is 1. The first-order valence-corrected chi connectivity index (χ1v) is 7.70. The van der Waals surface area contributed by atoms with Crippen LogP contribution < -0.4 is 5.32 Å².